The third-order valence-electron chi connectivity index (χ3n) is 3.60. The van der Waals surface area contributed by atoms with Crippen LogP contribution in [-0.4, -0.2) is 40.6 Å². The zero-order chi connectivity index (χ0) is 13.5. The molecule has 1 aliphatic rings. The Morgan fingerprint density at radius 1 is 1.42 bits per heavy atom. The highest BCUT2D eigenvalue weighted by atomic mass is 32.2. The second kappa shape index (κ2) is 5.01. The van der Waals surface area contributed by atoms with Gasteiger partial charge in [0, 0.05) is 21.4 Å². The molecule has 0 saturated carbocycles. The summed E-state index contributed by atoms with van der Waals surface area (Å²) in [7, 11) is 0. The van der Waals surface area contributed by atoms with Gasteiger partial charge in [0.05, 0.1) is 19.8 Å². The maximum absolute atomic E-state index is 9.46. The second-order valence-corrected chi connectivity index (χ2v) is 7.25. The summed E-state index contributed by atoms with van der Waals surface area (Å²) in [6, 6.07) is 0. The van der Waals surface area contributed by atoms with Crippen molar-refractivity contribution in [1.29, 1.82) is 0 Å². The molecule has 0 aliphatic carbocycles. The second-order valence-electron chi connectivity index (χ2n) is 5.08. The van der Waals surface area contributed by atoms with Crippen LogP contribution >= 0.6 is 23.1 Å². The number of aryl methyl sites for hydroxylation is 2. The maximum Gasteiger partial charge on any atom is 0.128 e. The van der Waals surface area contributed by atoms with Crippen molar-refractivity contribution in [1.82, 2.24) is 9.97 Å². The van der Waals surface area contributed by atoms with E-state index < -0.39 is 0 Å². The van der Waals surface area contributed by atoms with Crippen molar-refractivity contribution in [2.45, 2.75) is 18.9 Å². The summed E-state index contributed by atoms with van der Waals surface area (Å²) in [5.74, 6) is 0.837. The van der Waals surface area contributed by atoms with Crippen molar-refractivity contribution in [2.24, 2.45) is 5.41 Å². The summed E-state index contributed by atoms with van der Waals surface area (Å²) >= 11 is 3.41. The van der Waals surface area contributed by atoms with Crippen molar-refractivity contribution in [3.05, 3.63) is 16.8 Å². The van der Waals surface area contributed by atoms with Gasteiger partial charge in [0.25, 0.3) is 0 Å². The Morgan fingerprint density at radius 2 is 2.21 bits per heavy atom. The average Bonchev–Trinajstić information content (AvgIpc) is 2.65. The number of hydrogen-bond acceptors (Lipinski definition) is 6. The average molecular weight is 296 g/mol. The lowest BCUT2D eigenvalue weighted by Crippen LogP contribution is -2.47. The molecule has 1 fully saturated rings. The fourth-order valence-corrected chi connectivity index (χ4v) is 4.37. The van der Waals surface area contributed by atoms with Gasteiger partial charge >= 0.3 is 0 Å². The van der Waals surface area contributed by atoms with Gasteiger partial charge in [-0.3, -0.25) is 0 Å². The Kier molecular flexibility index (Phi) is 3.51. The number of thiophene rings is 1. The van der Waals surface area contributed by atoms with Crippen LogP contribution in [0.25, 0.3) is 10.2 Å². The third kappa shape index (κ3) is 2.27. The highest BCUT2D eigenvalue weighted by Gasteiger charge is 2.38. The molecular formula is C13H16N2O2S2. The smallest absolute Gasteiger partial charge is 0.128 e. The molecule has 19 heavy (non-hydrogen) atoms. The number of aliphatic hydroxyl groups is 1. The predicted octanol–water partition coefficient (Wildman–Crippen LogP) is 2.41. The lowest BCUT2D eigenvalue weighted by Gasteiger charge is -2.39. The number of aliphatic hydroxyl groups excluding tert-OH is 1. The molecule has 0 bridgehead atoms. The van der Waals surface area contributed by atoms with E-state index in [1.54, 1.807) is 29.4 Å². The number of aromatic nitrogens is 2. The molecule has 0 aromatic carbocycles. The van der Waals surface area contributed by atoms with Gasteiger partial charge in [0.2, 0.25) is 0 Å². The van der Waals surface area contributed by atoms with Crippen LogP contribution in [-0.2, 0) is 4.74 Å². The van der Waals surface area contributed by atoms with E-state index in [9.17, 15) is 5.11 Å². The first-order valence-corrected chi connectivity index (χ1v) is 7.97. The monoisotopic (exact) mass is 296 g/mol. The van der Waals surface area contributed by atoms with Crippen molar-refractivity contribution in [2.75, 3.05) is 25.6 Å². The van der Waals surface area contributed by atoms with Gasteiger partial charge in [-0.25, -0.2) is 9.97 Å². The van der Waals surface area contributed by atoms with Gasteiger partial charge in [-0.05, 0) is 19.4 Å². The minimum atomic E-state index is -0.0824. The Morgan fingerprint density at radius 3 is 2.84 bits per heavy atom. The Labute approximate surface area is 120 Å². The first-order valence-electron chi connectivity index (χ1n) is 6.17. The van der Waals surface area contributed by atoms with E-state index in [0.717, 1.165) is 15.6 Å². The SMILES string of the molecule is Cc1sc2ncnc(SCC3(CO)COC3)c2c1C. The minimum absolute atomic E-state index is 0.0824. The van der Waals surface area contributed by atoms with E-state index >= 15 is 0 Å². The number of thioether (sulfide) groups is 1. The normalized spacial score (nSPS) is 17.6. The fraction of sp³-hybridized carbons (Fsp3) is 0.538. The number of ether oxygens (including phenoxy) is 1. The van der Waals surface area contributed by atoms with Crippen LogP contribution in [0.3, 0.4) is 0 Å². The van der Waals surface area contributed by atoms with E-state index in [4.69, 9.17) is 4.74 Å². The number of nitrogens with zero attached hydrogens (tertiary/aromatic N) is 2. The van der Waals surface area contributed by atoms with E-state index in [0.29, 0.717) is 13.2 Å². The standard InChI is InChI=1S/C13H16N2O2S2/c1-8-9(2)19-12-10(8)11(14-7-15-12)18-6-13(3-16)4-17-5-13/h7,16H,3-6H2,1-2H3. The first kappa shape index (κ1) is 13.3. The molecule has 0 spiro atoms. The Balaban J connectivity index is 1.88. The highest BCUT2D eigenvalue weighted by molar-refractivity contribution is 7.99. The van der Waals surface area contributed by atoms with E-state index in [1.807, 2.05) is 0 Å². The van der Waals surface area contributed by atoms with Crippen LogP contribution in [0.15, 0.2) is 11.4 Å². The van der Waals surface area contributed by atoms with Gasteiger partial charge < -0.3 is 9.84 Å². The predicted molar refractivity (Wildman–Crippen MR) is 78.0 cm³/mol. The molecule has 0 amide bonds. The zero-order valence-corrected chi connectivity index (χ0v) is 12.6. The Bertz CT molecular complexity index is 602. The van der Waals surface area contributed by atoms with Crippen molar-refractivity contribution < 1.29 is 9.84 Å². The van der Waals surface area contributed by atoms with Gasteiger partial charge in [0.15, 0.2) is 0 Å². The van der Waals surface area contributed by atoms with Crippen LogP contribution in [0.1, 0.15) is 10.4 Å². The van der Waals surface area contributed by atoms with Crippen molar-refractivity contribution in [3.63, 3.8) is 0 Å². The summed E-state index contributed by atoms with van der Waals surface area (Å²) < 4.78 is 5.23. The molecule has 0 radical (unpaired) electrons. The molecule has 6 heteroatoms. The molecule has 3 rings (SSSR count). The molecule has 1 N–H and O–H groups in total. The van der Waals surface area contributed by atoms with E-state index in [-0.39, 0.29) is 12.0 Å². The topological polar surface area (TPSA) is 55.2 Å². The van der Waals surface area contributed by atoms with E-state index in [2.05, 4.69) is 23.8 Å². The van der Waals surface area contributed by atoms with Crippen molar-refractivity contribution >= 4 is 33.3 Å². The summed E-state index contributed by atoms with van der Waals surface area (Å²) in [5.41, 5.74) is 1.19. The van der Waals surface area contributed by atoms with Gasteiger partial charge in [0.1, 0.15) is 16.2 Å². The van der Waals surface area contributed by atoms with E-state index in [1.165, 1.54) is 15.8 Å². The number of hydrogen-bond donors (Lipinski definition) is 1. The molecule has 2 aromatic rings. The molecule has 1 aliphatic heterocycles. The van der Waals surface area contributed by atoms with Gasteiger partial charge in [-0.15, -0.1) is 23.1 Å². The third-order valence-corrected chi connectivity index (χ3v) is 6.05. The van der Waals surface area contributed by atoms with Crippen molar-refractivity contribution in [3.8, 4) is 0 Å². The molecule has 0 atom stereocenters. The molecule has 4 nitrogen and oxygen atoms in total. The number of fused-ring (bicyclic) bond motifs is 1. The molecule has 2 aromatic heterocycles. The molecule has 0 unspecified atom stereocenters. The fourth-order valence-electron chi connectivity index (χ4n) is 2.09. The van der Waals surface area contributed by atoms with Crippen LogP contribution in [0, 0.1) is 19.3 Å². The summed E-state index contributed by atoms with van der Waals surface area (Å²) in [5, 5.41) is 11.7. The lowest BCUT2D eigenvalue weighted by atomic mass is 9.90. The molecular weight excluding hydrogens is 280 g/mol. The molecule has 1 saturated heterocycles. The molecule has 102 valence electrons. The summed E-state index contributed by atoms with van der Waals surface area (Å²) in [6.07, 6.45) is 1.63. The largest absolute Gasteiger partial charge is 0.396 e. The van der Waals surface area contributed by atoms with Crippen LogP contribution < -0.4 is 0 Å². The lowest BCUT2D eigenvalue weighted by molar-refractivity contribution is -0.121. The minimum Gasteiger partial charge on any atom is -0.396 e. The highest BCUT2D eigenvalue weighted by Crippen LogP contribution is 2.38. The van der Waals surface area contributed by atoms with Crippen LogP contribution in [0.5, 0.6) is 0 Å². The summed E-state index contributed by atoms with van der Waals surface area (Å²) in [4.78, 5) is 11.1. The molecule has 3 heterocycles. The summed E-state index contributed by atoms with van der Waals surface area (Å²) in [6.45, 7) is 5.70. The zero-order valence-electron chi connectivity index (χ0n) is 11.0. The quantitative estimate of drug-likeness (QED) is 0.693. The van der Waals surface area contributed by atoms with Gasteiger partial charge in [-0.2, -0.15) is 0 Å². The van der Waals surface area contributed by atoms with Crippen LogP contribution in [0.2, 0.25) is 0 Å². The maximum atomic E-state index is 9.46. The van der Waals surface area contributed by atoms with Gasteiger partial charge in [-0.1, -0.05) is 0 Å². The Hall–Kier alpha value is -0.690. The first-order chi connectivity index (χ1) is 9.15. The van der Waals surface area contributed by atoms with Crippen LogP contribution in [0.4, 0.5) is 0 Å². The number of rotatable bonds is 4.